The van der Waals surface area contributed by atoms with Crippen molar-refractivity contribution >= 4 is 39.9 Å². The highest BCUT2D eigenvalue weighted by Crippen LogP contribution is 2.31. The fourth-order valence-electron chi connectivity index (χ4n) is 3.24. The number of phenols is 1. The maximum absolute atomic E-state index is 9.73. The number of hydrogen-bond donors (Lipinski definition) is 5. The molecule has 0 aliphatic carbocycles. The van der Waals surface area contributed by atoms with Crippen LogP contribution in [0, 0.1) is 5.41 Å². The number of halogens is 1. The molecular formula is C18H19ClN6O2. The lowest BCUT2D eigenvalue weighted by Gasteiger charge is -2.24. The predicted molar refractivity (Wildman–Crippen MR) is 105 cm³/mol. The standard InChI is InChI=1S/C18H19ClN6O2/c19-12-7-11(26)5-9-6-13(25-16(9)12)15(20)14-17(21)22-8-23-18(14)24-10-1-3-27-4-2-10/h5-8,10,20,25-26H,1-4H2,(H3,21,22,23,24). The minimum Gasteiger partial charge on any atom is -0.508 e. The van der Waals surface area contributed by atoms with Crippen molar-refractivity contribution in [3.63, 3.8) is 0 Å². The predicted octanol–water partition coefficient (Wildman–Crippen LogP) is 2.91. The third kappa shape index (κ3) is 3.41. The Morgan fingerprint density at radius 1 is 1.30 bits per heavy atom. The molecule has 3 heterocycles. The summed E-state index contributed by atoms with van der Waals surface area (Å²) in [6.45, 7) is 1.38. The Bertz CT molecular complexity index is 1010. The molecule has 3 aromatic rings. The highest BCUT2D eigenvalue weighted by molar-refractivity contribution is 6.35. The van der Waals surface area contributed by atoms with E-state index in [1.165, 1.54) is 12.4 Å². The first-order valence-corrected chi connectivity index (χ1v) is 8.96. The van der Waals surface area contributed by atoms with E-state index in [0.717, 1.165) is 12.8 Å². The largest absolute Gasteiger partial charge is 0.508 e. The topological polar surface area (TPSA) is 133 Å². The number of anilines is 2. The number of fused-ring (bicyclic) bond motifs is 1. The van der Waals surface area contributed by atoms with E-state index in [1.54, 1.807) is 12.1 Å². The number of phenolic OH excluding ortho intramolecular Hbond substituents is 1. The number of nitrogens with one attached hydrogen (secondary N) is 3. The molecule has 2 aromatic heterocycles. The molecule has 6 N–H and O–H groups in total. The van der Waals surface area contributed by atoms with Crippen molar-refractivity contribution in [3.05, 3.63) is 40.8 Å². The van der Waals surface area contributed by atoms with Gasteiger partial charge in [0.05, 0.1) is 27.5 Å². The van der Waals surface area contributed by atoms with Crippen molar-refractivity contribution < 1.29 is 9.84 Å². The molecule has 1 fully saturated rings. The van der Waals surface area contributed by atoms with Gasteiger partial charge in [0.1, 0.15) is 23.7 Å². The first-order chi connectivity index (χ1) is 13.0. The summed E-state index contributed by atoms with van der Waals surface area (Å²) in [6, 6.07) is 4.98. The van der Waals surface area contributed by atoms with Crippen LogP contribution in [0.4, 0.5) is 11.6 Å². The molecule has 1 aliphatic heterocycles. The van der Waals surface area contributed by atoms with Gasteiger partial charge in [-0.25, -0.2) is 9.97 Å². The van der Waals surface area contributed by atoms with Gasteiger partial charge in [-0.1, -0.05) is 11.6 Å². The molecule has 0 saturated carbocycles. The first-order valence-electron chi connectivity index (χ1n) is 8.58. The molecular weight excluding hydrogens is 368 g/mol. The zero-order valence-corrected chi connectivity index (χ0v) is 15.2. The molecule has 1 aromatic carbocycles. The van der Waals surface area contributed by atoms with Crippen LogP contribution in [-0.4, -0.2) is 45.0 Å². The van der Waals surface area contributed by atoms with Crippen LogP contribution in [0.3, 0.4) is 0 Å². The Kier molecular flexibility index (Phi) is 4.59. The number of aromatic amines is 1. The zero-order valence-electron chi connectivity index (χ0n) is 14.4. The average molecular weight is 387 g/mol. The molecule has 8 nitrogen and oxygen atoms in total. The molecule has 1 saturated heterocycles. The van der Waals surface area contributed by atoms with E-state index < -0.39 is 0 Å². The minimum absolute atomic E-state index is 0.0639. The summed E-state index contributed by atoms with van der Waals surface area (Å²) in [6.07, 6.45) is 3.10. The van der Waals surface area contributed by atoms with Crippen LogP contribution >= 0.6 is 11.6 Å². The first kappa shape index (κ1) is 17.6. The lowest BCUT2D eigenvalue weighted by atomic mass is 10.1. The summed E-state index contributed by atoms with van der Waals surface area (Å²) in [5.41, 5.74) is 7.80. The second-order valence-corrected chi connectivity index (χ2v) is 6.87. The van der Waals surface area contributed by atoms with Crippen molar-refractivity contribution in [1.82, 2.24) is 15.0 Å². The van der Waals surface area contributed by atoms with Gasteiger partial charge >= 0.3 is 0 Å². The highest BCUT2D eigenvalue weighted by Gasteiger charge is 2.21. The molecule has 140 valence electrons. The molecule has 4 rings (SSSR count). The van der Waals surface area contributed by atoms with Gasteiger partial charge in [0.2, 0.25) is 0 Å². The van der Waals surface area contributed by atoms with Gasteiger partial charge in [-0.2, -0.15) is 0 Å². The third-order valence-corrected chi connectivity index (χ3v) is 4.92. The molecule has 0 radical (unpaired) electrons. The molecule has 0 atom stereocenters. The molecule has 0 amide bonds. The summed E-state index contributed by atoms with van der Waals surface area (Å²) in [4.78, 5) is 11.5. The summed E-state index contributed by atoms with van der Waals surface area (Å²) in [5, 5.41) is 22.8. The Morgan fingerprint density at radius 2 is 2.07 bits per heavy atom. The number of ether oxygens (including phenoxy) is 1. The number of aromatic nitrogens is 3. The van der Waals surface area contributed by atoms with E-state index in [0.29, 0.717) is 46.2 Å². The van der Waals surface area contributed by atoms with Gasteiger partial charge in [0.15, 0.2) is 0 Å². The van der Waals surface area contributed by atoms with Crippen molar-refractivity contribution in [2.24, 2.45) is 0 Å². The van der Waals surface area contributed by atoms with E-state index in [4.69, 9.17) is 27.5 Å². The Morgan fingerprint density at radius 3 is 2.85 bits per heavy atom. The van der Waals surface area contributed by atoms with Crippen LogP contribution in [-0.2, 0) is 4.74 Å². The zero-order chi connectivity index (χ0) is 19.0. The fourth-order valence-corrected chi connectivity index (χ4v) is 3.51. The van der Waals surface area contributed by atoms with Crippen molar-refractivity contribution in [2.75, 3.05) is 24.3 Å². The van der Waals surface area contributed by atoms with Gasteiger partial charge in [-0.3, -0.25) is 5.41 Å². The van der Waals surface area contributed by atoms with E-state index in [9.17, 15) is 5.11 Å². The van der Waals surface area contributed by atoms with Crippen molar-refractivity contribution in [3.8, 4) is 5.75 Å². The lowest BCUT2D eigenvalue weighted by molar-refractivity contribution is 0.0904. The average Bonchev–Trinajstić information content (AvgIpc) is 3.07. The van der Waals surface area contributed by atoms with Crippen molar-refractivity contribution in [2.45, 2.75) is 18.9 Å². The van der Waals surface area contributed by atoms with Crippen LogP contribution in [0.5, 0.6) is 5.75 Å². The summed E-state index contributed by atoms with van der Waals surface area (Å²) < 4.78 is 5.39. The van der Waals surface area contributed by atoms with Crippen molar-refractivity contribution in [1.29, 1.82) is 5.41 Å². The van der Waals surface area contributed by atoms with E-state index >= 15 is 0 Å². The maximum Gasteiger partial charge on any atom is 0.141 e. The van der Waals surface area contributed by atoms with E-state index in [1.807, 2.05) is 0 Å². The monoisotopic (exact) mass is 386 g/mol. The normalized spacial score (nSPS) is 15.1. The second kappa shape index (κ2) is 7.05. The summed E-state index contributed by atoms with van der Waals surface area (Å²) >= 11 is 6.18. The van der Waals surface area contributed by atoms with Gasteiger partial charge in [-0.05, 0) is 25.0 Å². The summed E-state index contributed by atoms with van der Waals surface area (Å²) in [7, 11) is 0. The number of H-pyrrole nitrogens is 1. The van der Waals surface area contributed by atoms with E-state index in [2.05, 4.69) is 20.3 Å². The van der Waals surface area contributed by atoms with Crippen LogP contribution in [0.1, 0.15) is 24.1 Å². The van der Waals surface area contributed by atoms with Crippen LogP contribution in [0.25, 0.3) is 10.9 Å². The van der Waals surface area contributed by atoms with Crippen LogP contribution in [0.15, 0.2) is 24.5 Å². The van der Waals surface area contributed by atoms with E-state index in [-0.39, 0.29) is 23.3 Å². The molecule has 1 aliphatic rings. The summed E-state index contributed by atoms with van der Waals surface area (Å²) in [5.74, 6) is 0.804. The molecule has 0 spiro atoms. The number of nitrogens with two attached hydrogens (primary N) is 1. The fraction of sp³-hybridized carbons (Fsp3) is 0.278. The van der Waals surface area contributed by atoms with Crippen LogP contribution in [0.2, 0.25) is 5.02 Å². The quantitative estimate of drug-likeness (QED) is 0.438. The van der Waals surface area contributed by atoms with Gasteiger partial charge in [-0.15, -0.1) is 0 Å². The number of nitrogens with zero attached hydrogens (tertiary/aromatic N) is 2. The van der Waals surface area contributed by atoms with Gasteiger partial charge < -0.3 is 25.9 Å². The number of nitrogen functional groups attached to an aromatic ring is 1. The maximum atomic E-state index is 9.73. The van der Waals surface area contributed by atoms with Crippen LogP contribution < -0.4 is 11.1 Å². The smallest absolute Gasteiger partial charge is 0.141 e. The third-order valence-electron chi connectivity index (χ3n) is 4.62. The second-order valence-electron chi connectivity index (χ2n) is 6.46. The molecule has 0 unspecified atom stereocenters. The van der Waals surface area contributed by atoms with Gasteiger partial charge in [0.25, 0.3) is 0 Å². The molecule has 27 heavy (non-hydrogen) atoms. The molecule has 0 bridgehead atoms. The number of aromatic hydroxyl groups is 1. The number of rotatable bonds is 4. The number of benzene rings is 1. The number of hydrogen-bond acceptors (Lipinski definition) is 7. The SMILES string of the molecule is N=C(c1cc2cc(O)cc(Cl)c2[nH]1)c1c(N)ncnc1NC1CCOCC1. The lowest BCUT2D eigenvalue weighted by Crippen LogP contribution is -2.29. The Balaban J connectivity index is 1.72. The Labute approximate surface area is 160 Å². The van der Waals surface area contributed by atoms with Gasteiger partial charge in [0, 0.05) is 30.7 Å². The highest BCUT2D eigenvalue weighted by atomic mass is 35.5. The minimum atomic E-state index is 0.0639. The Hall–Kier alpha value is -2.84. The molecule has 9 heteroatoms.